The number of carbonyl (C=O) groups is 1. The summed E-state index contributed by atoms with van der Waals surface area (Å²) in [6.45, 7) is 4.59. The molecule has 3 nitrogen and oxygen atoms in total. The third kappa shape index (κ3) is 3.98. The van der Waals surface area contributed by atoms with Crippen molar-refractivity contribution >= 4 is 17.5 Å². The number of carbonyl (C=O) groups excluding carboxylic acids is 1. The normalized spacial score (nSPS) is 16.1. The molecule has 0 aliphatic heterocycles. The molecule has 1 atom stereocenters. The molecule has 0 heterocycles. The molecule has 2 rings (SSSR count). The molecular formula is C17H21ClN2O. The Kier molecular flexibility index (Phi) is 4.90. The molecule has 1 saturated carbocycles. The van der Waals surface area contributed by atoms with E-state index in [-0.39, 0.29) is 11.3 Å². The van der Waals surface area contributed by atoms with Gasteiger partial charge in [-0.1, -0.05) is 37.6 Å². The van der Waals surface area contributed by atoms with Gasteiger partial charge in [-0.05, 0) is 48.3 Å². The molecule has 1 fully saturated rings. The highest BCUT2D eigenvalue weighted by Crippen LogP contribution is 2.49. The largest absolute Gasteiger partial charge is 0.355 e. The van der Waals surface area contributed by atoms with E-state index in [4.69, 9.17) is 11.6 Å². The van der Waals surface area contributed by atoms with Crippen LogP contribution in [0.3, 0.4) is 0 Å². The SMILES string of the molecule is CC(C)(C1CC1)[C@H](C#N)C(=O)NCCc1ccc(Cl)cc1. The molecule has 1 N–H and O–H groups in total. The first-order valence-corrected chi connectivity index (χ1v) is 7.74. The van der Waals surface area contributed by atoms with Crippen LogP contribution >= 0.6 is 11.6 Å². The van der Waals surface area contributed by atoms with Gasteiger partial charge in [0, 0.05) is 11.6 Å². The van der Waals surface area contributed by atoms with E-state index in [0.717, 1.165) is 24.8 Å². The van der Waals surface area contributed by atoms with E-state index in [1.54, 1.807) is 0 Å². The van der Waals surface area contributed by atoms with Crippen LogP contribution in [0.25, 0.3) is 0 Å². The van der Waals surface area contributed by atoms with Gasteiger partial charge < -0.3 is 5.32 Å². The number of rotatable bonds is 6. The van der Waals surface area contributed by atoms with Crippen molar-refractivity contribution in [1.82, 2.24) is 5.32 Å². The molecule has 1 aromatic carbocycles. The molecule has 0 spiro atoms. The molecular weight excluding hydrogens is 284 g/mol. The number of nitriles is 1. The second-order valence-corrected chi connectivity index (χ2v) is 6.76. The van der Waals surface area contributed by atoms with Crippen LogP contribution in [-0.2, 0) is 11.2 Å². The maximum atomic E-state index is 12.2. The van der Waals surface area contributed by atoms with Crippen LogP contribution in [0.15, 0.2) is 24.3 Å². The average Bonchev–Trinajstić information content (AvgIpc) is 3.26. The highest BCUT2D eigenvalue weighted by molar-refractivity contribution is 6.30. The van der Waals surface area contributed by atoms with Crippen LogP contribution in [0.2, 0.25) is 5.02 Å². The van der Waals surface area contributed by atoms with E-state index < -0.39 is 5.92 Å². The van der Waals surface area contributed by atoms with Gasteiger partial charge in [0.1, 0.15) is 5.92 Å². The van der Waals surface area contributed by atoms with Gasteiger partial charge in [-0.2, -0.15) is 5.26 Å². The van der Waals surface area contributed by atoms with E-state index in [2.05, 4.69) is 11.4 Å². The summed E-state index contributed by atoms with van der Waals surface area (Å²) >= 11 is 5.84. The maximum Gasteiger partial charge on any atom is 0.237 e. The van der Waals surface area contributed by atoms with E-state index in [0.29, 0.717) is 17.5 Å². The minimum atomic E-state index is -0.574. The summed E-state index contributed by atoms with van der Waals surface area (Å²) in [6.07, 6.45) is 3.00. The number of nitrogens with zero attached hydrogens (tertiary/aromatic N) is 1. The summed E-state index contributed by atoms with van der Waals surface area (Å²) in [5.74, 6) is -0.220. The summed E-state index contributed by atoms with van der Waals surface area (Å²) in [5, 5.41) is 12.9. The standard InChI is InChI=1S/C17H21ClN2O/c1-17(2,13-5-6-13)15(11-19)16(21)20-10-9-12-3-7-14(18)8-4-12/h3-4,7-8,13,15H,5-6,9-10H2,1-2H3,(H,20,21)/t15-/m1/s1. The molecule has 0 saturated heterocycles. The Morgan fingerprint density at radius 3 is 2.57 bits per heavy atom. The van der Waals surface area contributed by atoms with Gasteiger partial charge in [0.15, 0.2) is 0 Å². The first-order valence-electron chi connectivity index (χ1n) is 7.37. The van der Waals surface area contributed by atoms with Crippen molar-refractivity contribution in [3.63, 3.8) is 0 Å². The van der Waals surface area contributed by atoms with E-state index >= 15 is 0 Å². The minimum absolute atomic E-state index is 0.150. The van der Waals surface area contributed by atoms with Crippen molar-refractivity contribution in [2.24, 2.45) is 17.3 Å². The third-order valence-electron chi connectivity index (χ3n) is 4.39. The zero-order chi connectivity index (χ0) is 15.5. The lowest BCUT2D eigenvalue weighted by atomic mass is 9.75. The number of amides is 1. The van der Waals surface area contributed by atoms with Crippen molar-refractivity contribution in [3.05, 3.63) is 34.9 Å². The smallest absolute Gasteiger partial charge is 0.237 e. The molecule has 1 aliphatic rings. The van der Waals surface area contributed by atoms with Crippen LogP contribution in [0.5, 0.6) is 0 Å². The average molecular weight is 305 g/mol. The predicted octanol–water partition coefficient (Wildman–Crippen LogP) is 3.57. The zero-order valence-electron chi connectivity index (χ0n) is 12.5. The highest BCUT2D eigenvalue weighted by atomic mass is 35.5. The summed E-state index contributed by atoms with van der Waals surface area (Å²) in [4.78, 5) is 12.2. The fourth-order valence-electron chi connectivity index (χ4n) is 2.71. The summed E-state index contributed by atoms with van der Waals surface area (Å²) < 4.78 is 0. The highest BCUT2D eigenvalue weighted by Gasteiger charge is 2.46. The van der Waals surface area contributed by atoms with Crippen LogP contribution in [0.4, 0.5) is 0 Å². The van der Waals surface area contributed by atoms with E-state index in [1.165, 1.54) is 0 Å². The van der Waals surface area contributed by atoms with Gasteiger partial charge in [0.05, 0.1) is 6.07 Å². The van der Waals surface area contributed by atoms with Crippen molar-refractivity contribution < 1.29 is 4.79 Å². The Hall–Kier alpha value is -1.53. The molecule has 1 amide bonds. The zero-order valence-corrected chi connectivity index (χ0v) is 13.3. The first-order chi connectivity index (χ1) is 9.95. The van der Waals surface area contributed by atoms with Crippen molar-refractivity contribution in [3.8, 4) is 6.07 Å². The Morgan fingerprint density at radius 2 is 2.05 bits per heavy atom. The second-order valence-electron chi connectivity index (χ2n) is 6.33. The fourth-order valence-corrected chi connectivity index (χ4v) is 2.84. The van der Waals surface area contributed by atoms with Crippen molar-refractivity contribution in [2.45, 2.75) is 33.1 Å². The van der Waals surface area contributed by atoms with Gasteiger partial charge in [-0.3, -0.25) is 4.79 Å². The Bertz CT molecular complexity index is 541. The Morgan fingerprint density at radius 1 is 1.43 bits per heavy atom. The first kappa shape index (κ1) is 15.9. The molecule has 0 radical (unpaired) electrons. The number of hydrogen-bond acceptors (Lipinski definition) is 2. The molecule has 1 aliphatic carbocycles. The van der Waals surface area contributed by atoms with Crippen LogP contribution in [-0.4, -0.2) is 12.5 Å². The molecule has 0 unspecified atom stereocenters. The van der Waals surface area contributed by atoms with Gasteiger partial charge in [0.2, 0.25) is 5.91 Å². The van der Waals surface area contributed by atoms with E-state index in [9.17, 15) is 10.1 Å². The summed E-state index contributed by atoms with van der Waals surface area (Å²) in [5.41, 5.74) is 0.883. The number of hydrogen-bond donors (Lipinski definition) is 1. The van der Waals surface area contributed by atoms with Gasteiger partial charge in [-0.15, -0.1) is 0 Å². The monoisotopic (exact) mass is 304 g/mol. The van der Waals surface area contributed by atoms with Crippen LogP contribution in [0, 0.1) is 28.6 Å². The molecule has 0 aromatic heterocycles. The van der Waals surface area contributed by atoms with Crippen molar-refractivity contribution in [1.29, 1.82) is 5.26 Å². The van der Waals surface area contributed by atoms with Gasteiger partial charge in [-0.25, -0.2) is 0 Å². The topological polar surface area (TPSA) is 52.9 Å². The third-order valence-corrected chi connectivity index (χ3v) is 4.64. The molecule has 0 bridgehead atoms. The van der Waals surface area contributed by atoms with Gasteiger partial charge in [0.25, 0.3) is 0 Å². The second kappa shape index (κ2) is 6.49. The Labute approximate surface area is 131 Å². The van der Waals surface area contributed by atoms with Crippen LogP contribution in [0.1, 0.15) is 32.3 Å². The molecule has 112 valence electrons. The molecule has 21 heavy (non-hydrogen) atoms. The quantitative estimate of drug-likeness (QED) is 0.873. The summed E-state index contributed by atoms with van der Waals surface area (Å²) in [6, 6.07) is 9.77. The molecule has 4 heteroatoms. The molecule has 1 aromatic rings. The fraction of sp³-hybridized carbons (Fsp3) is 0.529. The lowest BCUT2D eigenvalue weighted by Crippen LogP contribution is -2.40. The van der Waals surface area contributed by atoms with E-state index in [1.807, 2.05) is 38.1 Å². The Balaban J connectivity index is 1.85. The number of benzene rings is 1. The number of nitrogens with one attached hydrogen (secondary N) is 1. The number of halogens is 1. The minimum Gasteiger partial charge on any atom is -0.355 e. The predicted molar refractivity (Wildman–Crippen MR) is 83.8 cm³/mol. The lowest BCUT2D eigenvalue weighted by Gasteiger charge is -2.28. The maximum absolute atomic E-state index is 12.2. The lowest BCUT2D eigenvalue weighted by molar-refractivity contribution is -0.126. The summed E-state index contributed by atoms with van der Waals surface area (Å²) in [7, 11) is 0. The van der Waals surface area contributed by atoms with Crippen molar-refractivity contribution in [2.75, 3.05) is 6.54 Å². The van der Waals surface area contributed by atoms with Crippen LogP contribution < -0.4 is 5.32 Å². The van der Waals surface area contributed by atoms with Gasteiger partial charge >= 0.3 is 0 Å².